The highest BCUT2D eigenvalue weighted by molar-refractivity contribution is 8.00. The summed E-state index contributed by atoms with van der Waals surface area (Å²) < 4.78 is 1.57. The van der Waals surface area contributed by atoms with Gasteiger partial charge in [0, 0.05) is 12.6 Å². The topological polar surface area (TPSA) is 64.8 Å². The molecule has 6 heteroatoms. The van der Waals surface area contributed by atoms with Crippen LogP contribution in [0.25, 0.3) is 16.7 Å². The molecule has 1 atom stereocenters. The number of hydrogen-bond donors (Lipinski definition) is 0. The summed E-state index contributed by atoms with van der Waals surface area (Å²) in [5.41, 5.74) is 1.40. The second kappa shape index (κ2) is 7.64. The fraction of sp³-hybridized carbons (Fsp3) is 0.333. The minimum Gasteiger partial charge on any atom is -0.298 e. The number of benzene rings is 1. The molecule has 138 valence electrons. The summed E-state index contributed by atoms with van der Waals surface area (Å²) in [6.07, 6.45) is 6.18. The molecule has 1 aromatic carbocycles. The zero-order valence-corrected chi connectivity index (χ0v) is 16.0. The van der Waals surface area contributed by atoms with Crippen molar-refractivity contribution in [2.45, 2.75) is 49.4 Å². The van der Waals surface area contributed by atoms with Crippen LogP contribution in [0.2, 0.25) is 0 Å². The van der Waals surface area contributed by atoms with E-state index in [1.165, 1.54) is 11.8 Å². The molecule has 1 aliphatic rings. The molecule has 0 aliphatic heterocycles. The highest BCUT2D eigenvalue weighted by Crippen LogP contribution is 2.31. The van der Waals surface area contributed by atoms with Gasteiger partial charge in [0.05, 0.1) is 16.2 Å². The number of para-hydroxylation sites is 1. The maximum Gasteiger partial charge on any atom is 0.267 e. The molecular weight excluding hydrogens is 358 g/mol. The molecule has 3 aromatic rings. The lowest BCUT2D eigenvalue weighted by atomic mass is 10.2. The zero-order chi connectivity index (χ0) is 18.8. The Hall–Kier alpha value is -2.47. The van der Waals surface area contributed by atoms with Crippen molar-refractivity contribution in [2.24, 2.45) is 0 Å². The van der Waals surface area contributed by atoms with E-state index in [4.69, 9.17) is 4.98 Å². The first-order valence-electron chi connectivity index (χ1n) is 9.28. The Kier molecular flexibility index (Phi) is 5.07. The molecule has 4 rings (SSSR count). The largest absolute Gasteiger partial charge is 0.298 e. The Morgan fingerprint density at radius 2 is 1.93 bits per heavy atom. The van der Waals surface area contributed by atoms with E-state index in [1.807, 2.05) is 37.3 Å². The van der Waals surface area contributed by atoms with E-state index in [0.29, 0.717) is 28.3 Å². The van der Waals surface area contributed by atoms with Crippen LogP contribution in [0.3, 0.4) is 0 Å². The third kappa shape index (κ3) is 3.54. The number of nitrogens with zero attached hydrogens (tertiary/aromatic N) is 3. The van der Waals surface area contributed by atoms with E-state index >= 15 is 0 Å². The van der Waals surface area contributed by atoms with Crippen molar-refractivity contribution >= 4 is 28.4 Å². The Bertz CT molecular complexity index is 1060. The summed E-state index contributed by atoms with van der Waals surface area (Å²) in [5, 5.41) is 0.940. The molecule has 0 amide bonds. The fourth-order valence-corrected chi connectivity index (χ4v) is 4.68. The minimum absolute atomic E-state index is 0.147. The van der Waals surface area contributed by atoms with Gasteiger partial charge in [0.15, 0.2) is 5.16 Å². The number of fused-ring (bicyclic) bond motifs is 1. The van der Waals surface area contributed by atoms with Crippen LogP contribution in [0.15, 0.2) is 52.5 Å². The maximum absolute atomic E-state index is 13.3. The number of thioether (sulfide) groups is 1. The molecule has 0 N–H and O–H groups in total. The van der Waals surface area contributed by atoms with E-state index in [1.54, 1.807) is 16.8 Å². The molecule has 5 nitrogen and oxygen atoms in total. The SMILES string of the molecule is Cc1cccnc1-n1c(S[C@@H]2CCCCCC2=O)nc2ccccc2c1=O. The minimum atomic E-state index is -0.157. The van der Waals surface area contributed by atoms with Crippen molar-refractivity contribution < 1.29 is 4.79 Å². The number of ketones is 1. The van der Waals surface area contributed by atoms with Gasteiger partial charge in [-0.3, -0.25) is 9.59 Å². The maximum atomic E-state index is 13.3. The number of hydrogen-bond acceptors (Lipinski definition) is 5. The highest BCUT2D eigenvalue weighted by Gasteiger charge is 2.25. The molecular formula is C21H21N3O2S. The van der Waals surface area contributed by atoms with Crippen molar-refractivity contribution in [1.82, 2.24) is 14.5 Å². The summed E-state index contributed by atoms with van der Waals surface area (Å²) in [6.45, 7) is 1.93. The van der Waals surface area contributed by atoms with Gasteiger partial charge in [-0.15, -0.1) is 0 Å². The molecule has 0 spiro atoms. The monoisotopic (exact) mass is 379 g/mol. The second-order valence-corrected chi connectivity index (χ2v) is 8.04. The Balaban J connectivity index is 1.90. The molecule has 0 unspecified atom stereocenters. The average Bonchev–Trinajstić information content (AvgIpc) is 2.88. The van der Waals surface area contributed by atoms with Crippen molar-refractivity contribution in [3.63, 3.8) is 0 Å². The van der Waals surface area contributed by atoms with Crippen LogP contribution in [-0.2, 0) is 4.79 Å². The number of rotatable bonds is 3. The number of carbonyl (C=O) groups is 1. The van der Waals surface area contributed by atoms with Crippen molar-refractivity contribution in [3.8, 4) is 5.82 Å². The van der Waals surface area contributed by atoms with Gasteiger partial charge >= 0.3 is 0 Å². The Labute approximate surface area is 161 Å². The Morgan fingerprint density at radius 1 is 1.07 bits per heavy atom. The number of Topliss-reactive ketones (excluding diaryl/α,β-unsaturated/α-hetero) is 1. The molecule has 0 radical (unpaired) electrons. The van der Waals surface area contributed by atoms with Gasteiger partial charge in [0.1, 0.15) is 11.6 Å². The van der Waals surface area contributed by atoms with Crippen LogP contribution in [0.4, 0.5) is 0 Å². The van der Waals surface area contributed by atoms with Crippen LogP contribution < -0.4 is 5.56 Å². The summed E-state index contributed by atoms with van der Waals surface area (Å²) >= 11 is 1.41. The van der Waals surface area contributed by atoms with Gasteiger partial charge < -0.3 is 0 Å². The highest BCUT2D eigenvalue weighted by atomic mass is 32.2. The zero-order valence-electron chi connectivity index (χ0n) is 15.2. The van der Waals surface area contributed by atoms with Crippen molar-refractivity contribution in [3.05, 3.63) is 58.5 Å². The van der Waals surface area contributed by atoms with E-state index in [-0.39, 0.29) is 16.6 Å². The van der Waals surface area contributed by atoms with Crippen LogP contribution in [-0.4, -0.2) is 25.6 Å². The molecule has 2 aromatic heterocycles. The predicted molar refractivity (Wildman–Crippen MR) is 108 cm³/mol. The average molecular weight is 379 g/mol. The molecule has 0 saturated heterocycles. The molecule has 1 fully saturated rings. The summed E-state index contributed by atoms with van der Waals surface area (Å²) in [6, 6.07) is 11.1. The van der Waals surface area contributed by atoms with Gasteiger partial charge in [-0.2, -0.15) is 0 Å². The smallest absolute Gasteiger partial charge is 0.267 e. The number of carbonyl (C=O) groups excluding carboxylic acids is 1. The van der Waals surface area contributed by atoms with Crippen molar-refractivity contribution in [2.75, 3.05) is 0 Å². The predicted octanol–water partition coefficient (Wildman–Crippen LogP) is 4.08. The van der Waals surface area contributed by atoms with Gasteiger partial charge in [0.25, 0.3) is 5.56 Å². The first-order chi connectivity index (χ1) is 13.1. The quantitative estimate of drug-likeness (QED) is 0.507. The lowest BCUT2D eigenvalue weighted by Gasteiger charge is -2.17. The standard InChI is InChI=1S/C21H21N3O2S/c1-14-8-7-13-22-19(14)24-20(26)15-9-5-6-10-16(15)23-21(24)27-18-12-4-2-3-11-17(18)25/h5-10,13,18H,2-4,11-12H2,1H3/t18-/m1/s1. The van der Waals surface area contributed by atoms with Gasteiger partial charge in [0.2, 0.25) is 0 Å². The first kappa shape index (κ1) is 17.9. The van der Waals surface area contributed by atoms with E-state index in [0.717, 1.165) is 31.2 Å². The third-order valence-electron chi connectivity index (χ3n) is 4.93. The van der Waals surface area contributed by atoms with Crippen LogP contribution in [0, 0.1) is 6.92 Å². The third-order valence-corrected chi connectivity index (χ3v) is 6.20. The van der Waals surface area contributed by atoms with Crippen LogP contribution in [0.1, 0.15) is 37.7 Å². The number of aromatic nitrogens is 3. The van der Waals surface area contributed by atoms with Gasteiger partial charge in [-0.1, -0.05) is 42.8 Å². The number of pyridine rings is 1. The molecule has 27 heavy (non-hydrogen) atoms. The molecule has 1 saturated carbocycles. The van der Waals surface area contributed by atoms with E-state index in [2.05, 4.69) is 4.98 Å². The second-order valence-electron chi connectivity index (χ2n) is 6.87. The lowest BCUT2D eigenvalue weighted by molar-refractivity contribution is -0.118. The lowest BCUT2D eigenvalue weighted by Crippen LogP contribution is -2.25. The normalized spacial score (nSPS) is 17.8. The van der Waals surface area contributed by atoms with Gasteiger partial charge in [-0.05, 0) is 43.5 Å². The molecule has 1 aliphatic carbocycles. The fourth-order valence-electron chi connectivity index (χ4n) is 3.47. The van der Waals surface area contributed by atoms with E-state index < -0.39 is 0 Å². The van der Waals surface area contributed by atoms with Gasteiger partial charge in [-0.25, -0.2) is 14.5 Å². The summed E-state index contributed by atoms with van der Waals surface area (Å²) in [5.74, 6) is 0.827. The summed E-state index contributed by atoms with van der Waals surface area (Å²) in [4.78, 5) is 35.0. The Morgan fingerprint density at radius 3 is 2.78 bits per heavy atom. The van der Waals surface area contributed by atoms with Crippen LogP contribution >= 0.6 is 11.8 Å². The van der Waals surface area contributed by atoms with Crippen molar-refractivity contribution in [1.29, 1.82) is 0 Å². The number of aryl methyl sites for hydroxylation is 1. The molecule has 2 heterocycles. The van der Waals surface area contributed by atoms with E-state index in [9.17, 15) is 9.59 Å². The molecule has 0 bridgehead atoms. The summed E-state index contributed by atoms with van der Waals surface area (Å²) in [7, 11) is 0. The van der Waals surface area contributed by atoms with Crippen LogP contribution in [0.5, 0.6) is 0 Å². The first-order valence-corrected chi connectivity index (χ1v) is 10.2.